The number of thioether (sulfide) groups is 1. The van der Waals surface area contributed by atoms with Gasteiger partial charge < -0.3 is 10.4 Å². The monoisotopic (exact) mass is 508 g/mol. The van der Waals surface area contributed by atoms with E-state index in [-0.39, 0.29) is 11.8 Å². The van der Waals surface area contributed by atoms with Crippen molar-refractivity contribution >= 4 is 51.7 Å². The number of carbonyl (C=O) groups excluding carboxylic acids is 2. The van der Waals surface area contributed by atoms with E-state index in [0.717, 1.165) is 15.5 Å². The van der Waals surface area contributed by atoms with Crippen LogP contribution in [0.15, 0.2) is 71.6 Å². The second kappa shape index (κ2) is 11.3. The maximum atomic E-state index is 13.2. The lowest BCUT2D eigenvalue weighted by Gasteiger charge is -2.24. The molecule has 1 aliphatic rings. The molecule has 0 bridgehead atoms. The van der Waals surface area contributed by atoms with Gasteiger partial charge in [0.05, 0.1) is 11.8 Å². The van der Waals surface area contributed by atoms with E-state index >= 15 is 0 Å². The first kappa shape index (κ1) is 24.6. The normalized spacial score (nSPS) is 18.0. The van der Waals surface area contributed by atoms with Crippen molar-refractivity contribution in [1.29, 1.82) is 0 Å². The van der Waals surface area contributed by atoms with Crippen LogP contribution in [0.1, 0.15) is 28.7 Å². The lowest BCUT2D eigenvalue weighted by atomic mass is 9.82. The van der Waals surface area contributed by atoms with Crippen LogP contribution >= 0.6 is 23.1 Å². The Kier molecular flexibility index (Phi) is 7.94. The first-order valence-corrected chi connectivity index (χ1v) is 12.7. The number of nitrogens with zero attached hydrogens (tertiary/aromatic N) is 2. The van der Waals surface area contributed by atoms with Crippen molar-refractivity contribution in [2.24, 2.45) is 11.8 Å². The predicted molar refractivity (Wildman–Crippen MR) is 136 cm³/mol. The zero-order valence-corrected chi connectivity index (χ0v) is 20.5. The summed E-state index contributed by atoms with van der Waals surface area (Å²) < 4.78 is 0. The van der Waals surface area contributed by atoms with E-state index in [1.54, 1.807) is 24.3 Å². The number of rotatable bonds is 8. The molecule has 1 aliphatic carbocycles. The van der Waals surface area contributed by atoms with E-state index in [0.29, 0.717) is 23.7 Å². The maximum Gasteiger partial charge on any atom is 0.307 e. The molecule has 0 spiro atoms. The Morgan fingerprint density at radius 2 is 1.74 bits per heavy atom. The minimum atomic E-state index is -0.971. The van der Waals surface area contributed by atoms with E-state index in [1.165, 1.54) is 23.1 Å². The number of allylic oxidation sites excluding steroid dienone is 2. The third-order valence-corrected chi connectivity index (χ3v) is 7.54. The van der Waals surface area contributed by atoms with Crippen LogP contribution in [-0.4, -0.2) is 33.1 Å². The molecule has 4 rings (SSSR count). The zero-order valence-electron chi connectivity index (χ0n) is 18.9. The van der Waals surface area contributed by atoms with Gasteiger partial charge in [-0.25, -0.2) is 0 Å². The summed E-state index contributed by atoms with van der Waals surface area (Å²) >= 11 is 2.65. The smallest absolute Gasteiger partial charge is 0.307 e. The van der Waals surface area contributed by atoms with Gasteiger partial charge in [0.15, 0.2) is 0 Å². The largest absolute Gasteiger partial charge is 0.481 e. The molecule has 3 N–H and O–H groups in total. The van der Waals surface area contributed by atoms with Crippen LogP contribution in [0.2, 0.25) is 0 Å². The second-order valence-electron chi connectivity index (χ2n) is 8.04. The highest BCUT2D eigenvalue weighted by molar-refractivity contribution is 8.00. The van der Waals surface area contributed by atoms with Crippen LogP contribution in [0, 0.1) is 18.8 Å². The van der Waals surface area contributed by atoms with Crippen LogP contribution in [0.4, 0.5) is 10.8 Å². The Morgan fingerprint density at radius 3 is 2.43 bits per heavy atom. The van der Waals surface area contributed by atoms with Crippen molar-refractivity contribution in [3.05, 3.63) is 77.3 Å². The molecule has 2 amide bonds. The van der Waals surface area contributed by atoms with Crippen LogP contribution < -0.4 is 10.6 Å². The summed E-state index contributed by atoms with van der Waals surface area (Å²) in [5.41, 5.74) is 1.37. The number of nitrogens with one attached hydrogen (secondary N) is 2. The molecule has 180 valence electrons. The lowest BCUT2D eigenvalue weighted by molar-refractivity contribution is -0.146. The van der Waals surface area contributed by atoms with E-state index in [9.17, 15) is 19.5 Å². The second-order valence-corrected chi connectivity index (χ2v) is 10.4. The summed E-state index contributed by atoms with van der Waals surface area (Å²) in [6.45, 7) is 1.82. The number of anilines is 2. The number of aromatic nitrogens is 2. The summed E-state index contributed by atoms with van der Waals surface area (Å²) in [4.78, 5) is 38.4. The van der Waals surface area contributed by atoms with Crippen LogP contribution in [0.5, 0.6) is 0 Å². The summed E-state index contributed by atoms with van der Waals surface area (Å²) in [6, 6.07) is 16.6. The summed E-state index contributed by atoms with van der Waals surface area (Å²) in [5, 5.41) is 23.7. The van der Waals surface area contributed by atoms with Crippen molar-refractivity contribution in [2.45, 2.75) is 29.9 Å². The van der Waals surface area contributed by atoms with Gasteiger partial charge in [-0.1, -0.05) is 59.9 Å². The molecule has 1 heterocycles. The minimum absolute atomic E-state index is 0.231. The van der Waals surface area contributed by atoms with Gasteiger partial charge in [-0.2, -0.15) is 0 Å². The summed E-state index contributed by atoms with van der Waals surface area (Å²) in [6.07, 6.45) is 4.38. The average Bonchev–Trinajstić information content (AvgIpc) is 3.27. The lowest BCUT2D eigenvalue weighted by Crippen LogP contribution is -2.34. The highest BCUT2D eigenvalue weighted by Crippen LogP contribution is 2.37. The maximum absolute atomic E-state index is 13.2. The summed E-state index contributed by atoms with van der Waals surface area (Å²) in [7, 11) is 0. The number of aryl methyl sites for hydroxylation is 1. The molecule has 0 saturated carbocycles. The Labute approximate surface area is 210 Å². The molecular weight excluding hydrogens is 484 g/mol. The fourth-order valence-electron chi connectivity index (χ4n) is 3.81. The quantitative estimate of drug-likeness (QED) is 0.291. The number of aliphatic carboxylic acids is 1. The molecule has 3 unspecified atom stereocenters. The molecule has 0 radical (unpaired) electrons. The number of carboxylic acids is 1. The van der Waals surface area contributed by atoms with Gasteiger partial charge >= 0.3 is 5.97 Å². The molecule has 10 heteroatoms. The Balaban J connectivity index is 1.51. The molecule has 0 fully saturated rings. The number of carbonyl (C=O) groups is 3. The van der Waals surface area contributed by atoms with Crippen molar-refractivity contribution in [2.75, 3.05) is 10.6 Å². The molecule has 8 nitrogen and oxygen atoms in total. The molecule has 0 saturated heterocycles. The molecule has 35 heavy (non-hydrogen) atoms. The molecule has 2 aromatic carbocycles. The van der Waals surface area contributed by atoms with Crippen molar-refractivity contribution in [3.8, 4) is 0 Å². The fraction of sp³-hybridized carbons (Fsp3) is 0.240. The first-order valence-electron chi connectivity index (χ1n) is 11.0. The van der Waals surface area contributed by atoms with Crippen molar-refractivity contribution in [1.82, 2.24) is 10.2 Å². The minimum Gasteiger partial charge on any atom is -0.481 e. The van der Waals surface area contributed by atoms with Gasteiger partial charge in [0.2, 0.25) is 16.9 Å². The number of hydrogen-bond donors (Lipinski definition) is 3. The Morgan fingerprint density at radius 1 is 1.00 bits per heavy atom. The summed E-state index contributed by atoms with van der Waals surface area (Å²) in [5.74, 6) is -2.90. The highest BCUT2D eigenvalue weighted by Gasteiger charge is 2.34. The fourth-order valence-corrected chi connectivity index (χ4v) is 5.49. The number of benzene rings is 2. The molecule has 3 aromatic rings. The van der Waals surface area contributed by atoms with Gasteiger partial charge in [0, 0.05) is 10.6 Å². The van der Waals surface area contributed by atoms with Gasteiger partial charge in [-0.15, -0.1) is 22.0 Å². The number of amides is 2. The topological polar surface area (TPSA) is 121 Å². The third kappa shape index (κ3) is 6.34. The van der Waals surface area contributed by atoms with Gasteiger partial charge in [0.1, 0.15) is 10.3 Å². The van der Waals surface area contributed by atoms with Crippen molar-refractivity contribution in [3.63, 3.8) is 0 Å². The first-order chi connectivity index (χ1) is 16.9. The van der Waals surface area contributed by atoms with Gasteiger partial charge in [0.25, 0.3) is 0 Å². The van der Waals surface area contributed by atoms with Crippen LogP contribution in [0.25, 0.3) is 0 Å². The predicted octanol–water partition coefficient (Wildman–Crippen LogP) is 4.92. The van der Waals surface area contributed by atoms with Crippen LogP contribution in [0.3, 0.4) is 0 Å². The van der Waals surface area contributed by atoms with Gasteiger partial charge in [-0.3, -0.25) is 19.7 Å². The van der Waals surface area contributed by atoms with E-state index in [2.05, 4.69) is 20.8 Å². The number of carboxylic acid groups (broad SMARTS) is 1. The SMILES string of the molecule is Cc1nnc(NC(=O)C(Sc2cccc(NC(=O)C3CC=CCC3C(=O)O)c2)c2ccccc2)s1. The van der Waals surface area contributed by atoms with E-state index in [4.69, 9.17) is 0 Å². The number of hydrogen-bond acceptors (Lipinski definition) is 7. The highest BCUT2D eigenvalue weighted by atomic mass is 32.2. The standard InChI is InChI=1S/C25H24N4O4S2/c1-15-28-29-25(34-15)27-23(31)21(16-8-3-2-4-9-16)35-18-11-7-10-17(14-18)26-22(30)19-12-5-6-13-20(19)24(32)33/h2-11,14,19-21H,12-13H2,1H3,(H,26,30)(H,32,33)(H,27,29,31). The van der Waals surface area contributed by atoms with Crippen LogP contribution in [-0.2, 0) is 14.4 Å². The zero-order chi connectivity index (χ0) is 24.8. The van der Waals surface area contributed by atoms with E-state index < -0.39 is 23.1 Å². The third-order valence-electron chi connectivity index (χ3n) is 5.54. The Bertz CT molecular complexity index is 1250. The molecule has 0 aliphatic heterocycles. The average molecular weight is 509 g/mol. The molecule has 1 aromatic heterocycles. The Hall–Kier alpha value is -3.50. The molecule has 3 atom stereocenters. The van der Waals surface area contributed by atoms with Gasteiger partial charge in [-0.05, 0) is 43.5 Å². The molecular formula is C25H24N4O4S2. The van der Waals surface area contributed by atoms with E-state index in [1.807, 2.05) is 49.4 Å². The van der Waals surface area contributed by atoms with Crippen molar-refractivity contribution < 1.29 is 19.5 Å².